The Labute approximate surface area is 160 Å². The zero-order valence-corrected chi connectivity index (χ0v) is 16.3. The molecule has 3 rings (SSSR count). The number of piperidine rings is 2. The highest BCUT2D eigenvalue weighted by atomic mass is 16.5. The van der Waals surface area contributed by atoms with E-state index in [9.17, 15) is 9.59 Å². The zero-order valence-electron chi connectivity index (χ0n) is 16.3. The lowest BCUT2D eigenvalue weighted by Gasteiger charge is -2.41. The number of carbonyl (C=O) groups is 2. The molecule has 8 nitrogen and oxygen atoms in total. The van der Waals surface area contributed by atoms with Gasteiger partial charge < -0.3 is 19.5 Å². The second-order valence-electron chi connectivity index (χ2n) is 7.47. The predicted molar refractivity (Wildman–Crippen MR) is 99.3 cm³/mol. The predicted octanol–water partition coefficient (Wildman–Crippen LogP) is 1.06. The molecule has 0 aliphatic carbocycles. The van der Waals surface area contributed by atoms with Crippen LogP contribution in [0.3, 0.4) is 0 Å². The second-order valence-corrected chi connectivity index (χ2v) is 7.47. The number of hydrogen-bond donors (Lipinski definition) is 1. The monoisotopic (exact) mass is 378 g/mol. The maximum Gasteiger partial charge on any atom is 0.292 e. The fraction of sp³-hybridized carbons (Fsp3) is 0.737. The largest absolute Gasteiger partial charge is 0.383 e. The zero-order chi connectivity index (χ0) is 19.2. The number of aryl methyl sites for hydroxylation is 1. The van der Waals surface area contributed by atoms with Crippen molar-refractivity contribution in [1.82, 2.24) is 20.3 Å². The fourth-order valence-electron chi connectivity index (χ4n) is 4.03. The van der Waals surface area contributed by atoms with E-state index in [1.54, 1.807) is 13.2 Å². The topological polar surface area (TPSA) is 87.9 Å². The molecule has 0 saturated carbocycles. The van der Waals surface area contributed by atoms with E-state index in [0.29, 0.717) is 38.0 Å². The number of ether oxygens (including phenoxy) is 1. The molecule has 2 aliphatic rings. The summed E-state index contributed by atoms with van der Waals surface area (Å²) in [6.45, 7) is 6.17. The number of likely N-dealkylation sites (tertiary alicyclic amines) is 2. The van der Waals surface area contributed by atoms with Gasteiger partial charge in [-0.2, -0.15) is 0 Å². The van der Waals surface area contributed by atoms with Crippen LogP contribution in [-0.2, 0) is 9.53 Å². The van der Waals surface area contributed by atoms with Crippen LogP contribution in [0.2, 0.25) is 0 Å². The van der Waals surface area contributed by atoms with Crippen LogP contribution in [-0.4, -0.2) is 79.3 Å². The molecule has 1 N–H and O–H groups in total. The maximum atomic E-state index is 12.5. The van der Waals surface area contributed by atoms with Crippen molar-refractivity contribution in [2.45, 2.75) is 38.6 Å². The molecule has 1 unspecified atom stereocenters. The van der Waals surface area contributed by atoms with Gasteiger partial charge in [0.1, 0.15) is 0 Å². The van der Waals surface area contributed by atoms with Crippen molar-refractivity contribution in [3.63, 3.8) is 0 Å². The van der Waals surface area contributed by atoms with Gasteiger partial charge in [0, 0.05) is 45.4 Å². The number of rotatable bonds is 6. The van der Waals surface area contributed by atoms with Crippen molar-refractivity contribution in [3.8, 4) is 0 Å². The molecule has 2 saturated heterocycles. The highest BCUT2D eigenvalue weighted by Crippen LogP contribution is 2.24. The summed E-state index contributed by atoms with van der Waals surface area (Å²) in [6.07, 6.45) is 3.84. The van der Waals surface area contributed by atoms with Gasteiger partial charge in [-0.25, -0.2) is 0 Å². The van der Waals surface area contributed by atoms with E-state index in [4.69, 9.17) is 9.26 Å². The molecule has 27 heavy (non-hydrogen) atoms. The average Bonchev–Trinajstić information content (AvgIpc) is 3.14. The summed E-state index contributed by atoms with van der Waals surface area (Å²) in [7, 11) is 1.63. The molecule has 3 heterocycles. The van der Waals surface area contributed by atoms with E-state index >= 15 is 0 Å². The normalized spacial score (nSPS) is 22.0. The molecular formula is C19H30N4O4. The van der Waals surface area contributed by atoms with E-state index in [1.807, 2.05) is 11.8 Å². The minimum atomic E-state index is -0.0805. The first kappa shape index (κ1) is 19.8. The van der Waals surface area contributed by atoms with Gasteiger partial charge in [-0.3, -0.25) is 14.5 Å². The SMILES string of the molecule is COCCNC(=O)C1CCCN(C2CCN(C(=O)c3cc(C)no3)CC2)C1. The standard InChI is InChI=1S/C19H30N4O4/c1-14-12-17(27-21-14)19(25)22-9-5-16(6-10-22)23-8-3-4-15(13-23)18(24)20-7-11-26-2/h12,15-16H,3-11,13H2,1-2H3,(H,20,24). The molecule has 1 atom stereocenters. The Hall–Kier alpha value is -1.93. The van der Waals surface area contributed by atoms with Gasteiger partial charge in [0.15, 0.2) is 0 Å². The number of aromatic nitrogens is 1. The van der Waals surface area contributed by atoms with E-state index in [1.165, 1.54) is 0 Å². The maximum absolute atomic E-state index is 12.5. The van der Waals surface area contributed by atoms with Gasteiger partial charge in [-0.1, -0.05) is 5.16 Å². The van der Waals surface area contributed by atoms with Crippen molar-refractivity contribution < 1.29 is 18.8 Å². The Morgan fingerprint density at radius 2 is 2.07 bits per heavy atom. The van der Waals surface area contributed by atoms with E-state index in [-0.39, 0.29) is 17.7 Å². The van der Waals surface area contributed by atoms with Crippen LogP contribution < -0.4 is 5.32 Å². The third-order valence-electron chi connectivity index (χ3n) is 5.54. The summed E-state index contributed by atoms with van der Waals surface area (Å²) in [5, 5.41) is 6.76. The van der Waals surface area contributed by atoms with Crippen molar-refractivity contribution in [2.75, 3.05) is 46.4 Å². The van der Waals surface area contributed by atoms with Crippen LogP contribution in [0, 0.1) is 12.8 Å². The summed E-state index contributed by atoms with van der Waals surface area (Å²) < 4.78 is 10.1. The summed E-state index contributed by atoms with van der Waals surface area (Å²) in [5.74, 6) is 0.414. The summed E-state index contributed by atoms with van der Waals surface area (Å²) >= 11 is 0. The van der Waals surface area contributed by atoms with E-state index in [2.05, 4.69) is 15.4 Å². The van der Waals surface area contributed by atoms with Gasteiger partial charge in [0.25, 0.3) is 5.91 Å². The Balaban J connectivity index is 1.47. The number of amides is 2. The van der Waals surface area contributed by atoms with Crippen molar-refractivity contribution in [1.29, 1.82) is 0 Å². The average molecular weight is 378 g/mol. The molecule has 1 aromatic rings. The van der Waals surface area contributed by atoms with Crippen LogP contribution in [0.4, 0.5) is 0 Å². The van der Waals surface area contributed by atoms with Crippen LogP contribution >= 0.6 is 0 Å². The second kappa shape index (κ2) is 9.32. The highest BCUT2D eigenvalue weighted by Gasteiger charge is 2.33. The van der Waals surface area contributed by atoms with Crippen LogP contribution in [0.1, 0.15) is 41.9 Å². The lowest BCUT2D eigenvalue weighted by Crippen LogP contribution is -2.51. The Kier molecular flexibility index (Phi) is 6.84. The molecule has 0 aromatic carbocycles. The number of nitrogens with zero attached hydrogens (tertiary/aromatic N) is 3. The Bertz CT molecular complexity index is 639. The molecule has 1 aromatic heterocycles. The fourth-order valence-corrected chi connectivity index (χ4v) is 4.03. The molecule has 0 spiro atoms. The van der Waals surface area contributed by atoms with Gasteiger partial charge in [0.05, 0.1) is 18.2 Å². The molecule has 0 bridgehead atoms. The van der Waals surface area contributed by atoms with Crippen LogP contribution in [0.25, 0.3) is 0 Å². The number of nitrogens with one attached hydrogen (secondary N) is 1. The molecule has 150 valence electrons. The number of carbonyl (C=O) groups excluding carboxylic acids is 2. The minimum Gasteiger partial charge on any atom is -0.383 e. The third-order valence-corrected chi connectivity index (χ3v) is 5.54. The minimum absolute atomic E-state index is 0.0486. The smallest absolute Gasteiger partial charge is 0.292 e. The molecule has 2 fully saturated rings. The first-order valence-electron chi connectivity index (χ1n) is 9.81. The van der Waals surface area contributed by atoms with E-state index < -0.39 is 0 Å². The summed E-state index contributed by atoms with van der Waals surface area (Å²) in [6, 6.07) is 2.12. The summed E-state index contributed by atoms with van der Waals surface area (Å²) in [5.41, 5.74) is 0.719. The number of methoxy groups -OCH3 is 1. The third kappa shape index (κ3) is 5.07. The van der Waals surface area contributed by atoms with Crippen LogP contribution in [0.5, 0.6) is 0 Å². The van der Waals surface area contributed by atoms with Crippen molar-refractivity contribution in [2.24, 2.45) is 5.92 Å². The highest BCUT2D eigenvalue weighted by molar-refractivity contribution is 5.91. The first-order chi connectivity index (χ1) is 13.1. The Morgan fingerprint density at radius 3 is 2.74 bits per heavy atom. The molecule has 2 amide bonds. The molecular weight excluding hydrogens is 348 g/mol. The van der Waals surface area contributed by atoms with Gasteiger partial charge in [-0.05, 0) is 39.2 Å². The van der Waals surface area contributed by atoms with Crippen molar-refractivity contribution in [3.05, 3.63) is 17.5 Å². The molecule has 8 heteroatoms. The van der Waals surface area contributed by atoms with Gasteiger partial charge >= 0.3 is 0 Å². The quantitative estimate of drug-likeness (QED) is 0.745. The number of hydrogen-bond acceptors (Lipinski definition) is 6. The van der Waals surface area contributed by atoms with Gasteiger partial charge in [-0.15, -0.1) is 0 Å². The van der Waals surface area contributed by atoms with Crippen LogP contribution in [0.15, 0.2) is 10.6 Å². The van der Waals surface area contributed by atoms with Crippen molar-refractivity contribution >= 4 is 11.8 Å². The molecule has 2 aliphatic heterocycles. The van der Waals surface area contributed by atoms with E-state index in [0.717, 1.165) is 44.5 Å². The first-order valence-corrected chi connectivity index (χ1v) is 9.81. The summed E-state index contributed by atoms with van der Waals surface area (Å²) in [4.78, 5) is 29.1. The lowest BCUT2D eigenvalue weighted by molar-refractivity contribution is -0.127. The van der Waals surface area contributed by atoms with Gasteiger partial charge in [0.2, 0.25) is 11.7 Å². The lowest BCUT2D eigenvalue weighted by atomic mass is 9.93. The Morgan fingerprint density at radius 1 is 1.30 bits per heavy atom. The molecule has 0 radical (unpaired) electrons.